The molecule has 0 saturated heterocycles. The van der Waals surface area contributed by atoms with E-state index >= 15 is 0 Å². The SMILES string of the molecule is O=C(O)[C@@H]1CSC(c2ccc(O)c(O)c2)=N1.O=C(O)[C@@H]1CSC(c2ccc(O)c(O)c2)=N1. The zero-order valence-electron chi connectivity index (χ0n) is 16.2. The van der Waals surface area contributed by atoms with Crippen LogP contribution >= 0.6 is 23.5 Å². The molecule has 4 rings (SSSR count). The highest BCUT2D eigenvalue weighted by Crippen LogP contribution is 2.31. The first-order valence-corrected chi connectivity index (χ1v) is 11.0. The fourth-order valence-corrected chi connectivity index (χ4v) is 4.69. The lowest BCUT2D eigenvalue weighted by molar-refractivity contribution is -0.138. The van der Waals surface area contributed by atoms with E-state index in [2.05, 4.69) is 9.98 Å². The number of thioether (sulfide) groups is 2. The van der Waals surface area contributed by atoms with Crippen molar-refractivity contribution in [3.8, 4) is 23.0 Å². The Balaban J connectivity index is 0.000000181. The summed E-state index contributed by atoms with van der Waals surface area (Å²) in [6.07, 6.45) is 0. The summed E-state index contributed by atoms with van der Waals surface area (Å²) in [5.74, 6) is -2.00. The van der Waals surface area contributed by atoms with Crippen LogP contribution in [0.3, 0.4) is 0 Å². The van der Waals surface area contributed by atoms with Gasteiger partial charge in [-0.3, -0.25) is 9.98 Å². The van der Waals surface area contributed by atoms with Gasteiger partial charge in [0, 0.05) is 22.6 Å². The molecule has 0 fully saturated rings. The van der Waals surface area contributed by atoms with Crippen LogP contribution in [0.5, 0.6) is 23.0 Å². The van der Waals surface area contributed by atoms with E-state index in [1.807, 2.05) is 0 Å². The molecule has 10 nitrogen and oxygen atoms in total. The van der Waals surface area contributed by atoms with Crippen molar-refractivity contribution in [3.05, 3.63) is 47.5 Å². The number of aliphatic carboxylic acids is 2. The van der Waals surface area contributed by atoms with E-state index in [1.165, 1.54) is 47.8 Å². The minimum absolute atomic E-state index is 0.206. The summed E-state index contributed by atoms with van der Waals surface area (Å²) in [5.41, 5.74) is 1.23. The number of carboxylic acid groups (broad SMARTS) is 2. The van der Waals surface area contributed by atoms with Crippen molar-refractivity contribution in [2.45, 2.75) is 12.1 Å². The average Bonchev–Trinajstić information content (AvgIpc) is 3.43. The Labute approximate surface area is 190 Å². The lowest BCUT2D eigenvalue weighted by Crippen LogP contribution is -2.17. The molecule has 0 saturated carbocycles. The van der Waals surface area contributed by atoms with Crippen molar-refractivity contribution in [1.82, 2.24) is 0 Å². The number of carbonyl (C=O) groups is 2. The van der Waals surface area contributed by atoms with E-state index in [4.69, 9.17) is 20.4 Å². The van der Waals surface area contributed by atoms with Gasteiger partial charge in [0.05, 0.1) is 10.1 Å². The molecule has 0 amide bonds. The summed E-state index contributed by atoms with van der Waals surface area (Å²) < 4.78 is 0. The lowest BCUT2D eigenvalue weighted by Gasteiger charge is -2.01. The van der Waals surface area contributed by atoms with Crippen molar-refractivity contribution in [2.24, 2.45) is 9.98 Å². The quantitative estimate of drug-likeness (QED) is 0.356. The maximum atomic E-state index is 10.7. The van der Waals surface area contributed by atoms with E-state index in [-0.39, 0.29) is 23.0 Å². The molecule has 2 aromatic carbocycles. The lowest BCUT2D eigenvalue weighted by atomic mass is 10.2. The molecule has 0 aliphatic carbocycles. The average molecular weight is 479 g/mol. The van der Waals surface area contributed by atoms with Gasteiger partial charge in [-0.1, -0.05) is 0 Å². The molecule has 2 heterocycles. The monoisotopic (exact) mass is 478 g/mol. The number of hydrogen-bond donors (Lipinski definition) is 6. The van der Waals surface area contributed by atoms with E-state index in [1.54, 1.807) is 12.1 Å². The van der Waals surface area contributed by atoms with Crippen molar-refractivity contribution in [1.29, 1.82) is 0 Å². The molecule has 32 heavy (non-hydrogen) atoms. The second-order valence-electron chi connectivity index (χ2n) is 6.61. The molecule has 0 bridgehead atoms. The van der Waals surface area contributed by atoms with Gasteiger partial charge < -0.3 is 30.6 Å². The molecule has 0 radical (unpaired) electrons. The van der Waals surface area contributed by atoms with Gasteiger partial charge in [0.1, 0.15) is 0 Å². The second-order valence-corrected chi connectivity index (χ2v) is 8.62. The minimum atomic E-state index is -0.953. The van der Waals surface area contributed by atoms with Gasteiger partial charge in [0.25, 0.3) is 0 Å². The third-order valence-electron chi connectivity index (χ3n) is 4.32. The predicted octanol–water partition coefficient (Wildman–Crippen LogP) is 2.09. The third-order valence-corrected chi connectivity index (χ3v) is 6.51. The number of aliphatic imine (C=N–C) groups is 2. The van der Waals surface area contributed by atoms with E-state index in [9.17, 15) is 19.8 Å². The molecule has 2 aliphatic rings. The van der Waals surface area contributed by atoms with Crippen LogP contribution in [0.25, 0.3) is 0 Å². The van der Waals surface area contributed by atoms with Crippen LogP contribution in [-0.2, 0) is 9.59 Å². The smallest absolute Gasteiger partial charge is 0.329 e. The van der Waals surface area contributed by atoms with Crippen molar-refractivity contribution < 1.29 is 40.2 Å². The number of carboxylic acids is 2. The molecule has 0 spiro atoms. The van der Waals surface area contributed by atoms with Crippen LogP contribution in [0.2, 0.25) is 0 Å². The summed E-state index contributed by atoms with van der Waals surface area (Å²) in [6.45, 7) is 0. The van der Waals surface area contributed by atoms with Gasteiger partial charge in [0.15, 0.2) is 35.1 Å². The van der Waals surface area contributed by atoms with Crippen molar-refractivity contribution in [3.63, 3.8) is 0 Å². The highest BCUT2D eigenvalue weighted by molar-refractivity contribution is 8.15. The number of phenols is 4. The first-order valence-electron chi connectivity index (χ1n) is 9.07. The Bertz CT molecular complexity index is 1030. The topological polar surface area (TPSA) is 180 Å². The Morgan fingerprint density at radius 1 is 0.688 bits per heavy atom. The van der Waals surface area contributed by atoms with Crippen LogP contribution < -0.4 is 0 Å². The molecule has 168 valence electrons. The molecule has 0 unspecified atom stereocenters. The van der Waals surface area contributed by atoms with Crippen molar-refractivity contribution in [2.75, 3.05) is 11.5 Å². The van der Waals surface area contributed by atoms with Crippen LogP contribution in [0.15, 0.2) is 46.4 Å². The summed E-state index contributed by atoms with van der Waals surface area (Å²) in [6, 6.07) is 7.16. The zero-order chi connectivity index (χ0) is 23.4. The first-order chi connectivity index (χ1) is 15.2. The summed E-state index contributed by atoms with van der Waals surface area (Å²) in [5, 5.41) is 55.6. The number of hydrogen-bond acceptors (Lipinski definition) is 10. The number of nitrogens with zero attached hydrogens (tertiary/aromatic N) is 2. The van der Waals surface area contributed by atoms with Crippen molar-refractivity contribution >= 4 is 45.5 Å². The van der Waals surface area contributed by atoms with Gasteiger partial charge in [0.2, 0.25) is 0 Å². The van der Waals surface area contributed by atoms with Crippen LogP contribution in [0.4, 0.5) is 0 Å². The Kier molecular flexibility index (Phi) is 7.15. The molecule has 2 aromatic rings. The van der Waals surface area contributed by atoms with Crippen LogP contribution in [-0.4, -0.2) is 76.3 Å². The normalized spacial score (nSPS) is 19.5. The molecule has 0 aromatic heterocycles. The van der Waals surface area contributed by atoms with Gasteiger partial charge in [-0.15, -0.1) is 23.5 Å². The number of phenolic OH excluding ortho intramolecular Hbond substituents is 4. The maximum absolute atomic E-state index is 10.7. The highest BCUT2D eigenvalue weighted by atomic mass is 32.2. The van der Waals surface area contributed by atoms with Crippen LogP contribution in [0, 0.1) is 0 Å². The number of benzene rings is 2. The first kappa shape index (κ1) is 23.3. The van der Waals surface area contributed by atoms with E-state index in [0.29, 0.717) is 32.7 Å². The van der Waals surface area contributed by atoms with Gasteiger partial charge >= 0.3 is 11.9 Å². The van der Waals surface area contributed by atoms with Crippen LogP contribution in [0.1, 0.15) is 11.1 Å². The second kappa shape index (κ2) is 9.83. The van der Waals surface area contributed by atoms with E-state index in [0.717, 1.165) is 0 Å². The predicted molar refractivity (Wildman–Crippen MR) is 120 cm³/mol. The molecule has 12 heteroatoms. The Morgan fingerprint density at radius 2 is 1.06 bits per heavy atom. The molecular weight excluding hydrogens is 460 g/mol. The van der Waals surface area contributed by atoms with Gasteiger partial charge in [-0.05, 0) is 36.4 Å². The third kappa shape index (κ3) is 5.45. The molecular formula is C20H18N2O8S2. The molecule has 6 N–H and O–H groups in total. The standard InChI is InChI=1S/2C10H9NO4S/c2*12-7-2-1-5(3-8(7)13)9-11-6(4-16-9)10(14)15/h2*1-3,6,12-13H,4H2,(H,14,15)/t2*6-/m00/s1. The number of rotatable bonds is 4. The molecule has 2 atom stereocenters. The van der Waals surface area contributed by atoms with E-state index < -0.39 is 24.0 Å². The zero-order valence-corrected chi connectivity index (χ0v) is 17.9. The maximum Gasteiger partial charge on any atom is 0.329 e. The summed E-state index contributed by atoms with van der Waals surface area (Å²) >= 11 is 2.65. The van der Waals surface area contributed by atoms with Gasteiger partial charge in [-0.2, -0.15) is 0 Å². The Hall–Kier alpha value is -3.38. The largest absolute Gasteiger partial charge is 0.504 e. The minimum Gasteiger partial charge on any atom is -0.504 e. The fourth-order valence-electron chi connectivity index (χ4n) is 2.63. The highest BCUT2D eigenvalue weighted by Gasteiger charge is 2.26. The molecule has 2 aliphatic heterocycles. The Morgan fingerprint density at radius 3 is 1.34 bits per heavy atom. The van der Waals surface area contributed by atoms with Gasteiger partial charge in [-0.25, -0.2) is 9.59 Å². The summed E-state index contributed by atoms with van der Waals surface area (Å²) in [7, 11) is 0. The fraction of sp³-hybridized carbons (Fsp3) is 0.200. The summed E-state index contributed by atoms with van der Waals surface area (Å²) in [4.78, 5) is 29.4. The number of aromatic hydroxyl groups is 4.